The lowest BCUT2D eigenvalue weighted by molar-refractivity contribution is -0.136. The van der Waals surface area contributed by atoms with Crippen LogP contribution < -0.4 is 9.44 Å². The van der Waals surface area contributed by atoms with E-state index in [4.69, 9.17) is 0 Å². The van der Waals surface area contributed by atoms with Crippen molar-refractivity contribution < 1.29 is 9.59 Å². The summed E-state index contributed by atoms with van der Waals surface area (Å²) in [6.07, 6.45) is 4.68. The molecular weight excluding hydrogens is 244 g/mol. The van der Waals surface area contributed by atoms with Crippen LogP contribution in [0.4, 0.5) is 0 Å². The van der Waals surface area contributed by atoms with Crippen LogP contribution in [0.5, 0.6) is 0 Å². The molecule has 0 bridgehead atoms. The lowest BCUT2D eigenvalue weighted by Crippen LogP contribution is -2.33. The van der Waals surface area contributed by atoms with E-state index in [-0.39, 0.29) is 0 Å². The van der Waals surface area contributed by atoms with Crippen LogP contribution in [0.3, 0.4) is 0 Å². The van der Waals surface area contributed by atoms with Crippen molar-refractivity contribution in [2.45, 2.75) is 39.5 Å². The number of hydrogen-bond donors (Lipinski definition) is 2. The molecule has 4 nitrogen and oxygen atoms in total. The van der Waals surface area contributed by atoms with Crippen molar-refractivity contribution in [1.82, 2.24) is 9.44 Å². The largest absolute Gasteiger partial charge is 0.320 e. The third kappa shape index (κ3) is 8.91. The normalized spacial score (nSPS) is 9.88. The summed E-state index contributed by atoms with van der Waals surface area (Å²) >= 11 is 2.53. The van der Waals surface area contributed by atoms with Gasteiger partial charge in [-0.15, -0.1) is 0 Å². The fourth-order valence-electron chi connectivity index (χ4n) is 0.948. The van der Waals surface area contributed by atoms with Crippen LogP contribution in [0.2, 0.25) is 0 Å². The first kappa shape index (κ1) is 15.6. The van der Waals surface area contributed by atoms with Gasteiger partial charge >= 0.3 is 11.8 Å². The Balaban J connectivity index is 3.39. The Morgan fingerprint density at radius 1 is 0.938 bits per heavy atom. The van der Waals surface area contributed by atoms with Gasteiger partial charge in [0.2, 0.25) is 0 Å². The van der Waals surface area contributed by atoms with E-state index in [1.807, 2.05) is 6.92 Å². The summed E-state index contributed by atoms with van der Waals surface area (Å²) in [5.41, 5.74) is 0. The Morgan fingerprint density at radius 3 is 2.12 bits per heavy atom. The smallest absolute Gasteiger partial charge is 0.292 e. The van der Waals surface area contributed by atoms with Crippen molar-refractivity contribution in [1.29, 1.82) is 0 Å². The standard InChI is InChI=1S/C10H20N2O2S2/c1-3-5-6-7-8-16-12-10(14)9(13)11-15-4-2/h3-8H2,1-2H3,(H,11,13)(H,12,14). The Bertz CT molecular complexity index is 213. The maximum atomic E-state index is 11.2. The highest BCUT2D eigenvalue weighted by molar-refractivity contribution is 7.98. The van der Waals surface area contributed by atoms with Gasteiger partial charge in [-0.3, -0.25) is 19.0 Å². The van der Waals surface area contributed by atoms with Gasteiger partial charge in [-0.1, -0.05) is 57.0 Å². The first-order valence-corrected chi connectivity index (χ1v) is 7.53. The van der Waals surface area contributed by atoms with Gasteiger partial charge in [0.05, 0.1) is 0 Å². The molecule has 0 spiro atoms. The Hall–Kier alpha value is -0.360. The first-order valence-electron chi connectivity index (χ1n) is 5.56. The van der Waals surface area contributed by atoms with Crippen molar-refractivity contribution in [2.24, 2.45) is 0 Å². The molecule has 16 heavy (non-hydrogen) atoms. The molecule has 0 aliphatic heterocycles. The molecule has 6 heteroatoms. The third-order valence-corrected chi connectivity index (χ3v) is 3.22. The average Bonchev–Trinajstić information content (AvgIpc) is 2.30. The summed E-state index contributed by atoms with van der Waals surface area (Å²) in [6.45, 7) is 4.07. The predicted molar refractivity (Wildman–Crippen MR) is 71.0 cm³/mol. The molecule has 94 valence electrons. The topological polar surface area (TPSA) is 58.2 Å². The fourth-order valence-corrected chi connectivity index (χ4v) is 1.99. The van der Waals surface area contributed by atoms with Crippen LogP contribution in [0.25, 0.3) is 0 Å². The van der Waals surface area contributed by atoms with Crippen LogP contribution in [0.15, 0.2) is 0 Å². The summed E-state index contributed by atoms with van der Waals surface area (Å²) in [7, 11) is 0. The van der Waals surface area contributed by atoms with Gasteiger partial charge in [0.15, 0.2) is 0 Å². The van der Waals surface area contributed by atoms with Crippen LogP contribution in [0.1, 0.15) is 39.5 Å². The summed E-state index contributed by atoms with van der Waals surface area (Å²) in [5, 5.41) is 0. The van der Waals surface area contributed by atoms with Gasteiger partial charge in [-0.2, -0.15) is 0 Å². The van der Waals surface area contributed by atoms with Gasteiger partial charge in [-0.05, 0) is 6.42 Å². The number of carbonyl (C=O) groups excluding carboxylic acids is 2. The molecule has 0 saturated heterocycles. The van der Waals surface area contributed by atoms with E-state index >= 15 is 0 Å². The predicted octanol–water partition coefficient (Wildman–Crippen LogP) is 2.12. The summed E-state index contributed by atoms with van der Waals surface area (Å²) in [5.74, 6) is 0.470. The molecule has 0 fully saturated rings. The maximum absolute atomic E-state index is 11.2. The molecule has 0 aliphatic rings. The molecule has 0 aromatic rings. The highest BCUT2D eigenvalue weighted by Gasteiger charge is 2.11. The van der Waals surface area contributed by atoms with E-state index in [0.717, 1.165) is 17.9 Å². The Labute approximate surface area is 106 Å². The van der Waals surface area contributed by atoms with Crippen LogP contribution >= 0.6 is 23.9 Å². The van der Waals surface area contributed by atoms with Gasteiger partial charge in [0, 0.05) is 11.5 Å². The number of hydrogen-bond acceptors (Lipinski definition) is 4. The van der Waals surface area contributed by atoms with E-state index in [1.165, 1.54) is 43.2 Å². The molecular formula is C10H20N2O2S2. The van der Waals surface area contributed by atoms with Crippen LogP contribution in [-0.4, -0.2) is 23.3 Å². The number of amides is 2. The molecule has 0 radical (unpaired) electrons. The molecule has 0 aromatic heterocycles. The van der Waals surface area contributed by atoms with Gasteiger partial charge in [-0.25, -0.2) is 0 Å². The lowest BCUT2D eigenvalue weighted by atomic mass is 10.2. The Kier molecular flexibility index (Phi) is 10.9. The zero-order valence-electron chi connectivity index (χ0n) is 9.88. The number of carbonyl (C=O) groups is 2. The molecule has 2 amide bonds. The van der Waals surface area contributed by atoms with E-state index in [1.54, 1.807) is 0 Å². The SMILES string of the molecule is CCCCCCSNC(=O)C(=O)NSCC. The number of rotatable bonds is 8. The molecule has 0 aliphatic carbocycles. The molecule has 2 N–H and O–H groups in total. The monoisotopic (exact) mass is 264 g/mol. The average molecular weight is 264 g/mol. The fraction of sp³-hybridized carbons (Fsp3) is 0.800. The van der Waals surface area contributed by atoms with Crippen LogP contribution in [0, 0.1) is 0 Å². The third-order valence-electron chi connectivity index (χ3n) is 1.78. The van der Waals surface area contributed by atoms with E-state index in [9.17, 15) is 9.59 Å². The second-order valence-electron chi connectivity index (χ2n) is 3.20. The molecule has 0 unspecified atom stereocenters. The highest BCUT2D eigenvalue weighted by atomic mass is 32.2. The molecule has 0 heterocycles. The molecule has 0 aromatic carbocycles. The summed E-state index contributed by atoms with van der Waals surface area (Å²) < 4.78 is 4.97. The van der Waals surface area contributed by atoms with E-state index in [0.29, 0.717) is 0 Å². The number of nitrogens with one attached hydrogen (secondary N) is 2. The highest BCUT2D eigenvalue weighted by Crippen LogP contribution is 2.04. The Morgan fingerprint density at radius 2 is 1.56 bits per heavy atom. The van der Waals surface area contributed by atoms with Crippen molar-refractivity contribution >= 4 is 35.7 Å². The van der Waals surface area contributed by atoms with Crippen molar-refractivity contribution in [3.8, 4) is 0 Å². The minimum Gasteiger partial charge on any atom is -0.292 e. The molecule has 0 atom stereocenters. The van der Waals surface area contributed by atoms with Crippen molar-refractivity contribution in [3.63, 3.8) is 0 Å². The van der Waals surface area contributed by atoms with E-state index in [2.05, 4.69) is 16.4 Å². The first-order chi connectivity index (χ1) is 7.72. The summed E-state index contributed by atoms with van der Waals surface area (Å²) in [4.78, 5) is 22.3. The molecule has 0 rings (SSSR count). The second-order valence-corrected chi connectivity index (χ2v) is 5.18. The minimum atomic E-state index is -0.576. The van der Waals surface area contributed by atoms with Gasteiger partial charge < -0.3 is 0 Å². The van der Waals surface area contributed by atoms with Gasteiger partial charge in [0.1, 0.15) is 0 Å². The zero-order chi connectivity index (χ0) is 12.2. The van der Waals surface area contributed by atoms with Gasteiger partial charge in [0.25, 0.3) is 0 Å². The maximum Gasteiger partial charge on any atom is 0.320 e. The zero-order valence-corrected chi connectivity index (χ0v) is 11.5. The van der Waals surface area contributed by atoms with E-state index < -0.39 is 11.8 Å². The lowest BCUT2D eigenvalue weighted by Gasteiger charge is -2.04. The quantitative estimate of drug-likeness (QED) is 0.400. The van der Waals surface area contributed by atoms with Crippen molar-refractivity contribution in [2.75, 3.05) is 11.5 Å². The minimum absolute atomic E-state index is 0.568. The molecule has 0 saturated carbocycles. The number of unbranched alkanes of at least 4 members (excludes halogenated alkanes) is 3. The second kappa shape index (κ2) is 11.1. The van der Waals surface area contributed by atoms with Crippen LogP contribution in [-0.2, 0) is 9.59 Å². The van der Waals surface area contributed by atoms with Crippen molar-refractivity contribution in [3.05, 3.63) is 0 Å². The summed E-state index contributed by atoms with van der Waals surface area (Å²) in [6, 6.07) is 0.